The fourth-order valence-corrected chi connectivity index (χ4v) is 2.46. The number of hydrazone groups is 1. The Morgan fingerprint density at radius 3 is 2.76 bits per heavy atom. The molecule has 2 aromatic heterocycles. The molecule has 0 atom stereocenters. The third-order valence-corrected chi connectivity index (χ3v) is 3.64. The van der Waals surface area contributed by atoms with Gasteiger partial charge >= 0.3 is 0 Å². The van der Waals surface area contributed by atoms with Crippen LogP contribution < -0.4 is 5.43 Å². The van der Waals surface area contributed by atoms with Gasteiger partial charge in [0.2, 0.25) is 5.13 Å². The van der Waals surface area contributed by atoms with Gasteiger partial charge in [0.05, 0.1) is 17.6 Å². The molecule has 104 valence electrons. The number of nitrogens with one attached hydrogen (secondary N) is 1. The molecular weight excluding hydrogens is 280 g/mol. The second-order valence-corrected chi connectivity index (χ2v) is 5.39. The highest BCUT2D eigenvalue weighted by molar-refractivity contribution is 7.14. The number of nitrogens with zero attached hydrogens (tertiary/aromatic N) is 3. The van der Waals surface area contributed by atoms with E-state index in [4.69, 9.17) is 0 Å². The maximum atomic E-state index is 4.51. The zero-order chi connectivity index (χ0) is 14.5. The molecule has 0 saturated heterocycles. The summed E-state index contributed by atoms with van der Waals surface area (Å²) in [6.07, 6.45) is 3.41. The molecule has 0 bridgehead atoms. The van der Waals surface area contributed by atoms with Crippen molar-refractivity contribution >= 4 is 22.7 Å². The lowest BCUT2D eigenvalue weighted by atomic mass is 10.1. The van der Waals surface area contributed by atoms with E-state index in [9.17, 15) is 0 Å². The van der Waals surface area contributed by atoms with Crippen molar-refractivity contribution in [3.63, 3.8) is 0 Å². The van der Waals surface area contributed by atoms with Gasteiger partial charge in [0.25, 0.3) is 0 Å². The first-order chi connectivity index (χ1) is 10.3. The molecule has 0 radical (unpaired) electrons. The van der Waals surface area contributed by atoms with E-state index in [1.165, 1.54) is 16.9 Å². The topological polar surface area (TPSA) is 50.2 Å². The highest BCUT2D eigenvalue weighted by Crippen LogP contribution is 2.24. The summed E-state index contributed by atoms with van der Waals surface area (Å²) < 4.78 is 0. The van der Waals surface area contributed by atoms with Crippen LogP contribution in [0.2, 0.25) is 0 Å². The van der Waals surface area contributed by atoms with Crippen molar-refractivity contribution in [2.45, 2.75) is 6.92 Å². The van der Waals surface area contributed by atoms with E-state index in [0.717, 1.165) is 22.1 Å². The largest absolute Gasteiger partial charge is 0.255 e. The number of rotatable bonds is 4. The van der Waals surface area contributed by atoms with Crippen LogP contribution in [0.3, 0.4) is 0 Å². The SMILES string of the molecule is Cc1ccc(-c2csc(N/N=C/c3ccccn3)n2)cc1. The molecule has 0 saturated carbocycles. The number of anilines is 1. The molecule has 1 aromatic carbocycles. The number of aromatic nitrogens is 2. The van der Waals surface area contributed by atoms with E-state index < -0.39 is 0 Å². The highest BCUT2D eigenvalue weighted by atomic mass is 32.1. The second-order valence-electron chi connectivity index (χ2n) is 4.53. The molecule has 0 amide bonds. The molecule has 0 aliphatic heterocycles. The van der Waals surface area contributed by atoms with Crippen molar-refractivity contribution in [1.82, 2.24) is 9.97 Å². The first-order valence-corrected chi connectivity index (χ1v) is 7.42. The lowest BCUT2D eigenvalue weighted by Gasteiger charge is -1.97. The molecule has 0 fully saturated rings. The van der Waals surface area contributed by atoms with Gasteiger partial charge in [0, 0.05) is 17.1 Å². The van der Waals surface area contributed by atoms with E-state index in [2.05, 4.69) is 51.7 Å². The molecule has 3 aromatic rings. The zero-order valence-electron chi connectivity index (χ0n) is 11.5. The first kappa shape index (κ1) is 13.5. The van der Waals surface area contributed by atoms with Crippen molar-refractivity contribution in [1.29, 1.82) is 0 Å². The molecule has 3 rings (SSSR count). The van der Waals surface area contributed by atoms with Crippen LogP contribution in [-0.4, -0.2) is 16.2 Å². The fourth-order valence-electron chi connectivity index (χ4n) is 1.79. The van der Waals surface area contributed by atoms with Crippen LogP contribution in [0.1, 0.15) is 11.3 Å². The third kappa shape index (κ3) is 3.52. The van der Waals surface area contributed by atoms with Crippen LogP contribution in [-0.2, 0) is 0 Å². The molecule has 4 nitrogen and oxygen atoms in total. The molecule has 0 unspecified atom stereocenters. The second kappa shape index (κ2) is 6.28. The van der Waals surface area contributed by atoms with Gasteiger partial charge in [-0.2, -0.15) is 5.10 Å². The lowest BCUT2D eigenvalue weighted by molar-refractivity contribution is 1.26. The van der Waals surface area contributed by atoms with Crippen LogP contribution in [0.25, 0.3) is 11.3 Å². The first-order valence-electron chi connectivity index (χ1n) is 6.54. The average Bonchev–Trinajstić information content (AvgIpc) is 2.98. The zero-order valence-corrected chi connectivity index (χ0v) is 12.3. The number of hydrogen-bond donors (Lipinski definition) is 1. The Morgan fingerprint density at radius 1 is 1.14 bits per heavy atom. The third-order valence-electron chi connectivity index (χ3n) is 2.90. The van der Waals surface area contributed by atoms with Crippen LogP contribution >= 0.6 is 11.3 Å². The van der Waals surface area contributed by atoms with Crippen molar-refractivity contribution < 1.29 is 0 Å². The van der Waals surface area contributed by atoms with E-state index in [1.807, 2.05) is 23.6 Å². The number of thiazole rings is 1. The summed E-state index contributed by atoms with van der Waals surface area (Å²) in [4.78, 5) is 8.68. The van der Waals surface area contributed by atoms with Crippen molar-refractivity contribution in [3.05, 3.63) is 65.3 Å². The summed E-state index contributed by atoms with van der Waals surface area (Å²) in [6.45, 7) is 2.07. The van der Waals surface area contributed by atoms with Crippen molar-refractivity contribution in [3.8, 4) is 11.3 Å². The minimum Gasteiger partial charge on any atom is -0.255 e. The van der Waals surface area contributed by atoms with Gasteiger partial charge in [-0.15, -0.1) is 11.3 Å². The summed E-state index contributed by atoms with van der Waals surface area (Å²) >= 11 is 1.53. The van der Waals surface area contributed by atoms with Gasteiger partial charge < -0.3 is 0 Å². The molecular formula is C16H14N4S. The summed E-state index contributed by atoms with van der Waals surface area (Å²) in [5.74, 6) is 0. The summed E-state index contributed by atoms with van der Waals surface area (Å²) in [7, 11) is 0. The van der Waals surface area contributed by atoms with Gasteiger partial charge in [0.15, 0.2) is 0 Å². The highest BCUT2D eigenvalue weighted by Gasteiger charge is 2.03. The minimum atomic E-state index is 0.762. The van der Waals surface area contributed by atoms with E-state index in [-0.39, 0.29) is 0 Å². The average molecular weight is 294 g/mol. The van der Waals surface area contributed by atoms with Crippen molar-refractivity contribution in [2.24, 2.45) is 5.10 Å². The standard InChI is InChI=1S/C16H14N4S/c1-12-5-7-13(8-6-12)15-11-21-16(19-15)20-18-10-14-4-2-3-9-17-14/h2-11H,1H3,(H,19,20)/b18-10+. The number of benzene rings is 1. The van der Waals surface area contributed by atoms with Crippen molar-refractivity contribution in [2.75, 3.05) is 5.43 Å². The number of aryl methyl sites for hydroxylation is 1. The molecule has 5 heteroatoms. The predicted molar refractivity (Wildman–Crippen MR) is 87.7 cm³/mol. The van der Waals surface area contributed by atoms with Crippen LogP contribution in [0.4, 0.5) is 5.13 Å². The van der Waals surface area contributed by atoms with Gasteiger partial charge in [-0.05, 0) is 19.1 Å². The number of hydrogen-bond acceptors (Lipinski definition) is 5. The summed E-state index contributed by atoms with van der Waals surface area (Å²) in [6, 6.07) is 14.0. The Morgan fingerprint density at radius 2 is 2.00 bits per heavy atom. The van der Waals surface area contributed by atoms with E-state index in [0.29, 0.717) is 0 Å². The quantitative estimate of drug-likeness (QED) is 0.585. The minimum absolute atomic E-state index is 0.762. The Hall–Kier alpha value is -2.53. The summed E-state index contributed by atoms with van der Waals surface area (Å²) in [5, 5.41) is 6.92. The Balaban J connectivity index is 1.68. The van der Waals surface area contributed by atoms with Gasteiger partial charge in [-0.3, -0.25) is 10.4 Å². The van der Waals surface area contributed by atoms with Crippen LogP contribution in [0.15, 0.2) is 59.1 Å². The Labute approximate surface area is 127 Å². The maximum absolute atomic E-state index is 4.51. The molecule has 21 heavy (non-hydrogen) atoms. The molecule has 0 aliphatic rings. The van der Waals surface area contributed by atoms with Gasteiger partial charge in [-0.1, -0.05) is 35.9 Å². The maximum Gasteiger partial charge on any atom is 0.203 e. The molecule has 0 spiro atoms. The number of pyridine rings is 1. The molecule has 2 heterocycles. The van der Waals surface area contributed by atoms with Gasteiger partial charge in [0.1, 0.15) is 0 Å². The smallest absolute Gasteiger partial charge is 0.203 e. The molecule has 0 aliphatic carbocycles. The van der Waals surface area contributed by atoms with Crippen LogP contribution in [0, 0.1) is 6.92 Å². The van der Waals surface area contributed by atoms with Gasteiger partial charge in [-0.25, -0.2) is 4.98 Å². The molecule has 1 N–H and O–H groups in total. The van der Waals surface area contributed by atoms with Crippen LogP contribution in [0.5, 0.6) is 0 Å². The lowest BCUT2D eigenvalue weighted by Crippen LogP contribution is -1.91. The Kier molecular flexibility index (Phi) is 4.02. The van der Waals surface area contributed by atoms with E-state index in [1.54, 1.807) is 12.4 Å². The van der Waals surface area contributed by atoms with E-state index >= 15 is 0 Å². The predicted octanol–water partition coefficient (Wildman–Crippen LogP) is 3.96. The fraction of sp³-hybridized carbons (Fsp3) is 0.0625. The summed E-state index contributed by atoms with van der Waals surface area (Å²) in [5.41, 5.74) is 7.04. The normalized spacial score (nSPS) is 10.9. The monoisotopic (exact) mass is 294 g/mol. The Bertz CT molecular complexity index is 732.